The molecule has 1 aliphatic heterocycles. The Morgan fingerprint density at radius 1 is 1.03 bits per heavy atom. The normalized spacial score (nSPS) is 15.9. The summed E-state index contributed by atoms with van der Waals surface area (Å²) >= 11 is 0. The van der Waals surface area contributed by atoms with Crippen LogP contribution in [0.2, 0.25) is 0 Å². The fourth-order valence-electron chi connectivity index (χ4n) is 4.37. The molecule has 6 nitrogen and oxygen atoms in total. The third kappa shape index (κ3) is 7.39. The number of nitrogens with zero attached hydrogens (tertiary/aromatic N) is 3. The molecule has 33 heavy (non-hydrogen) atoms. The third-order valence-electron chi connectivity index (χ3n) is 6.34. The smallest absolute Gasteiger partial charge is 0.251 e. The standard InChI is InChI=1S/C27H38N4O2/c1-21(2)30-17-9-5-4-6-10-18-31(22(3)32)26-13-12-23(19-24(26)20-30)27(33)29-16-14-25-11-7-8-15-28-25/h7-8,11-13,15,19,21H,4-6,9-10,14,16-18,20H2,1-3H3,(H,29,33). The summed E-state index contributed by atoms with van der Waals surface area (Å²) in [6.45, 7) is 9.06. The first-order valence-electron chi connectivity index (χ1n) is 12.3. The van der Waals surface area contributed by atoms with Gasteiger partial charge in [0.05, 0.1) is 0 Å². The summed E-state index contributed by atoms with van der Waals surface area (Å²) in [5.41, 5.74) is 3.56. The van der Waals surface area contributed by atoms with Crippen molar-refractivity contribution in [1.82, 2.24) is 15.2 Å². The molecule has 0 radical (unpaired) electrons. The highest BCUT2D eigenvalue weighted by molar-refractivity contribution is 5.97. The van der Waals surface area contributed by atoms with Crippen LogP contribution in [0.1, 0.15) is 74.5 Å². The molecule has 1 aromatic heterocycles. The third-order valence-corrected chi connectivity index (χ3v) is 6.34. The molecule has 0 spiro atoms. The second-order valence-corrected chi connectivity index (χ2v) is 9.17. The van der Waals surface area contributed by atoms with Crippen molar-refractivity contribution in [2.24, 2.45) is 0 Å². The van der Waals surface area contributed by atoms with Crippen molar-refractivity contribution in [3.05, 3.63) is 59.4 Å². The zero-order valence-corrected chi connectivity index (χ0v) is 20.3. The first-order chi connectivity index (χ1) is 16.0. The van der Waals surface area contributed by atoms with Gasteiger partial charge in [-0.1, -0.05) is 25.3 Å². The molecule has 0 bridgehead atoms. The highest BCUT2D eigenvalue weighted by Gasteiger charge is 2.20. The zero-order chi connectivity index (χ0) is 23.6. The number of hydrogen-bond donors (Lipinski definition) is 1. The van der Waals surface area contributed by atoms with E-state index in [-0.39, 0.29) is 11.8 Å². The Balaban J connectivity index is 1.82. The van der Waals surface area contributed by atoms with Gasteiger partial charge >= 0.3 is 0 Å². The Kier molecular flexibility index (Phi) is 9.43. The van der Waals surface area contributed by atoms with Crippen molar-refractivity contribution >= 4 is 17.5 Å². The molecule has 1 aromatic carbocycles. The van der Waals surface area contributed by atoms with Crippen molar-refractivity contribution in [3.8, 4) is 0 Å². The first kappa shape index (κ1) is 24.9. The van der Waals surface area contributed by atoms with Crippen LogP contribution in [0, 0.1) is 0 Å². The Bertz CT molecular complexity index is 914. The number of benzene rings is 1. The lowest BCUT2D eigenvalue weighted by molar-refractivity contribution is -0.116. The van der Waals surface area contributed by atoms with E-state index in [1.165, 1.54) is 19.3 Å². The topological polar surface area (TPSA) is 65.5 Å². The molecule has 2 heterocycles. The molecule has 0 unspecified atom stereocenters. The Hall–Kier alpha value is -2.73. The van der Waals surface area contributed by atoms with Gasteiger partial charge in [-0.15, -0.1) is 0 Å². The average molecular weight is 451 g/mol. The number of nitrogens with one attached hydrogen (secondary N) is 1. The molecule has 0 aliphatic carbocycles. The molecule has 2 amide bonds. The highest BCUT2D eigenvalue weighted by atomic mass is 16.2. The number of fused-ring (bicyclic) bond motifs is 1. The predicted octanol–water partition coefficient (Wildman–Crippen LogP) is 4.58. The molecule has 0 saturated heterocycles. The second-order valence-electron chi connectivity index (χ2n) is 9.17. The summed E-state index contributed by atoms with van der Waals surface area (Å²) in [6.07, 6.45) is 8.20. The molecule has 0 atom stereocenters. The molecule has 0 saturated carbocycles. The number of carbonyl (C=O) groups is 2. The summed E-state index contributed by atoms with van der Waals surface area (Å²) in [5, 5.41) is 3.02. The summed E-state index contributed by atoms with van der Waals surface area (Å²) < 4.78 is 0. The number of pyridine rings is 1. The lowest BCUT2D eigenvalue weighted by Crippen LogP contribution is -2.35. The van der Waals surface area contributed by atoms with Crippen LogP contribution in [0.5, 0.6) is 0 Å². The van der Waals surface area contributed by atoms with Crippen molar-refractivity contribution in [2.45, 2.75) is 71.9 Å². The van der Waals surface area contributed by atoms with Gasteiger partial charge < -0.3 is 10.2 Å². The predicted molar refractivity (Wildman–Crippen MR) is 133 cm³/mol. The average Bonchev–Trinajstić information content (AvgIpc) is 2.79. The summed E-state index contributed by atoms with van der Waals surface area (Å²) in [7, 11) is 0. The van der Waals surface area contributed by atoms with Crippen LogP contribution in [0.4, 0.5) is 5.69 Å². The molecule has 1 aliphatic rings. The van der Waals surface area contributed by atoms with Crippen molar-refractivity contribution in [1.29, 1.82) is 0 Å². The number of carbonyl (C=O) groups excluding carboxylic acids is 2. The first-order valence-corrected chi connectivity index (χ1v) is 12.3. The molecule has 1 N–H and O–H groups in total. The minimum absolute atomic E-state index is 0.0527. The minimum atomic E-state index is -0.0923. The molecule has 0 fully saturated rings. The van der Waals surface area contributed by atoms with Gasteiger partial charge in [-0.3, -0.25) is 19.5 Å². The molecule has 3 rings (SSSR count). The summed E-state index contributed by atoms with van der Waals surface area (Å²) in [4.78, 5) is 34.1. The SMILES string of the molecule is CC(=O)N1CCCCCCCN(C(C)C)Cc2cc(C(=O)NCCc3ccccn3)ccc21. The van der Waals surface area contributed by atoms with Gasteiger partial charge in [0.15, 0.2) is 0 Å². The fourth-order valence-corrected chi connectivity index (χ4v) is 4.37. The summed E-state index contributed by atoms with van der Waals surface area (Å²) in [6, 6.07) is 12.0. The lowest BCUT2D eigenvalue weighted by atomic mass is 10.0. The van der Waals surface area contributed by atoms with Crippen LogP contribution in [-0.2, 0) is 17.8 Å². The van der Waals surface area contributed by atoms with E-state index >= 15 is 0 Å². The Morgan fingerprint density at radius 2 is 1.79 bits per heavy atom. The largest absolute Gasteiger partial charge is 0.352 e. The molecule has 178 valence electrons. The maximum atomic E-state index is 12.9. The second kappa shape index (κ2) is 12.5. The monoisotopic (exact) mass is 450 g/mol. The van der Waals surface area contributed by atoms with E-state index in [4.69, 9.17) is 0 Å². The van der Waals surface area contributed by atoms with Crippen LogP contribution in [0.25, 0.3) is 0 Å². The fraction of sp³-hybridized carbons (Fsp3) is 0.519. The van der Waals surface area contributed by atoms with Crippen LogP contribution >= 0.6 is 0 Å². The van der Waals surface area contributed by atoms with E-state index in [2.05, 4.69) is 29.0 Å². The van der Waals surface area contributed by atoms with Crippen molar-refractivity contribution in [3.63, 3.8) is 0 Å². The molecule has 2 aromatic rings. The van der Waals surface area contributed by atoms with Gasteiger partial charge in [-0.05, 0) is 69.1 Å². The molecular weight excluding hydrogens is 412 g/mol. The summed E-state index contributed by atoms with van der Waals surface area (Å²) in [5.74, 6) is -0.0395. The van der Waals surface area contributed by atoms with E-state index in [1.54, 1.807) is 13.1 Å². The van der Waals surface area contributed by atoms with Gasteiger partial charge in [-0.2, -0.15) is 0 Å². The van der Waals surface area contributed by atoms with Gasteiger partial charge in [0.1, 0.15) is 0 Å². The van der Waals surface area contributed by atoms with Crippen molar-refractivity contribution < 1.29 is 9.59 Å². The molecule has 6 heteroatoms. The van der Waals surface area contributed by atoms with Crippen molar-refractivity contribution in [2.75, 3.05) is 24.5 Å². The Labute approximate surface area is 198 Å². The van der Waals surface area contributed by atoms with E-state index in [0.29, 0.717) is 24.6 Å². The van der Waals surface area contributed by atoms with E-state index in [1.807, 2.05) is 41.3 Å². The number of aromatic nitrogens is 1. The maximum absolute atomic E-state index is 12.9. The number of hydrogen-bond acceptors (Lipinski definition) is 4. The van der Waals surface area contributed by atoms with E-state index in [0.717, 1.165) is 49.4 Å². The maximum Gasteiger partial charge on any atom is 0.251 e. The van der Waals surface area contributed by atoms with Crippen LogP contribution in [0.3, 0.4) is 0 Å². The Morgan fingerprint density at radius 3 is 2.48 bits per heavy atom. The molecular formula is C27H38N4O2. The van der Waals surface area contributed by atoms with Crippen LogP contribution in [0.15, 0.2) is 42.6 Å². The van der Waals surface area contributed by atoms with Gasteiger partial charge in [-0.25, -0.2) is 0 Å². The number of rotatable bonds is 5. The van der Waals surface area contributed by atoms with E-state index in [9.17, 15) is 9.59 Å². The van der Waals surface area contributed by atoms with Crippen LogP contribution < -0.4 is 10.2 Å². The lowest BCUT2D eigenvalue weighted by Gasteiger charge is -2.31. The number of amides is 2. The minimum Gasteiger partial charge on any atom is -0.352 e. The van der Waals surface area contributed by atoms with Gasteiger partial charge in [0.25, 0.3) is 5.91 Å². The number of anilines is 1. The van der Waals surface area contributed by atoms with Crippen LogP contribution in [-0.4, -0.2) is 47.4 Å². The van der Waals surface area contributed by atoms with E-state index < -0.39 is 0 Å². The van der Waals surface area contributed by atoms with Gasteiger partial charge in [0, 0.05) is 62.2 Å². The zero-order valence-electron chi connectivity index (χ0n) is 20.3. The van der Waals surface area contributed by atoms with Gasteiger partial charge in [0.2, 0.25) is 5.91 Å². The highest BCUT2D eigenvalue weighted by Crippen LogP contribution is 2.26. The quantitative estimate of drug-likeness (QED) is 0.724.